The second-order valence-corrected chi connectivity index (χ2v) is 7.71. The highest BCUT2D eigenvalue weighted by Crippen LogP contribution is 2.16. The second-order valence-electron chi connectivity index (χ2n) is 7.71. The molecule has 0 aliphatic rings. The normalized spacial score (nSPS) is 12.0. The lowest BCUT2D eigenvalue weighted by atomic mass is 9.96. The Balaban J connectivity index is 1.94. The number of hydrogen-bond donors (Lipinski definition) is 3. The van der Waals surface area contributed by atoms with Crippen LogP contribution >= 0.6 is 0 Å². The van der Waals surface area contributed by atoms with Crippen molar-refractivity contribution in [3.8, 4) is 11.3 Å². The Bertz CT molecular complexity index is 776. The monoisotopic (exact) mass is 384 g/mol. The number of nitrogens with one attached hydrogen (secondary N) is 3. The number of aromatic nitrogens is 2. The Morgan fingerprint density at radius 1 is 1.21 bits per heavy atom. The number of H-pyrrole nitrogens is 1. The van der Waals surface area contributed by atoms with Crippen molar-refractivity contribution in [1.82, 2.24) is 25.5 Å². The van der Waals surface area contributed by atoms with E-state index in [0.29, 0.717) is 19.6 Å². The summed E-state index contributed by atoms with van der Waals surface area (Å²) in [5, 5.41) is 6.20. The maximum absolute atomic E-state index is 11.9. The Hall–Kier alpha value is -2.83. The van der Waals surface area contributed by atoms with E-state index in [0.717, 1.165) is 29.6 Å². The first-order valence-electron chi connectivity index (χ1n) is 9.68. The van der Waals surface area contributed by atoms with Gasteiger partial charge >= 0.3 is 0 Å². The van der Waals surface area contributed by atoms with E-state index in [1.165, 1.54) is 0 Å². The lowest BCUT2D eigenvalue weighted by molar-refractivity contribution is -0.128. The first-order chi connectivity index (χ1) is 13.3. The van der Waals surface area contributed by atoms with E-state index in [2.05, 4.69) is 37.7 Å². The van der Waals surface area contributed by atoms with Crippen molar-refractivity contribution in [2.24, 2.45) is 10.4 Å². The van der Waals surface area contributed by atoms with E-state index in [4.69, 9.17) is 0 Å². The maximum Gasteiger partial charge on any atom is 0.225 e. The van der Waals surface area contributed by atoms with Gasteiger partial charge in [-0.05, 0) is 12.5 Å². The molecule has 1 heterocycles. The van der Waals surface area contributed by atoms with Crippen LogP contribution in [0.15, 0.2) is 41.5 Å². The molecule has 0 radical (unpaired) electrons. The van der Waals surface area contributed by atoms with Gasteiger partial charge in [-0.25, -0.2) is 4.98 Å². The van der Waals surface area contributed by atoms with Crippen LogP contribution in [0.25, 0.3) is 11.3 Å². The minimum atomic E-state index is -0.388. The van der Waals surface area contributed by atoms with Crippen LogP contribution in [0.5, 0.6) is 0 Å². The van der Waals surface area contributed by atoms with Gasteiger partial charge in [0.1, 0.15) is 5.82 Å². The standard InChI is InChI=1S/C21H32N6O/c1-6-22-20(24-13-12-23-19(28)21(2,3)4)27(5)15-18-25-14-17(26-18)16-10-8-7-9-11-16/h7-11,14H,6,12-13,15H2,1-5H3,(H,22,24)(H,23,28)(H,25,26). The quantitative estimate of drug-likeness (QED) is 0.389. The highest BCUT2D eigenvalue weighted by molar-refractivity contribution is 5.81. The Kier molecular flexibility index (Phi) is 7.61. The van der Waals surface area contributed by atoms with Crippen LogP contribution in [-0.4, -0.2) is 53.4 Å². The summed E-state index contributed by atoms with van der Waals surface area (Å²) < 4.78 is 0. The summed E-state index contributed by atoms with van der Waals surface area (Å²) in [4.78, 5) is 26.4. The van der Waals surface area contributed by atoms with Gasteiger partial charge in [0.25, 0.3) is 0 Å². The third-order valence-electron chi connectivity index (χ3n) is 4.14. The summed E-state index contributed by atoms with van der Waals surface area (Å²) in [5.74, 6) is 1.68. The molecule has 0 bridgehead atoms. The van der Waals surface area contributed by atoms with Gasteiger partial charge in [0.05, 0.1) is 25.0 Å². The number of benzene rings is 1. The lowest BCUT2D eigenvalue weighted by Crippen LogP contribution is -2.40. The molecule has 1 amide bonds. The van der Waals surface area contributed by atoms with E-state index in [9.17, 15) is 4.79 Å². The van der Waals surface area contributed by atoms with Gasteiger partial charge in [-0.3, -0.25) is 9.79 Å². The van der Waals surface area contributed by atoms with Crippen molar-refractivity contribution in [3.05, 3.63) is 42.4 Å². The zero-order valence-electron chi connectivity index (χ0n) is 17.5. The molecule has 7 nitrogen and oxygen atoms in total. The van der Waals surface area contributed by atoms with Crippen molar-refractivity contribution >= 4 is 11.9 Å². The van der Waals surface area contributed by atoms with Crippen LogP contribution in [0.1, 0.15) is 33.5 Å². The molecule has 0 unspecified atom stereocenters. The molecule has 1 aromatic carbocycles. The Labute approximate surface area is 167 Å². The van der Waals surface area contributed by atoms with Crippen LogP contribution in [-0.2, 0) is 11.3 Å². The molecular formula is C21H32N6O. The van der Waals surface area contributed by atoms with Crippen molar-refractivity contribution < 1.29 is 4.79 Å². The molecule has 0 saturated carbocycles. The first-order valence-corrected chi connectivity index (χ1v) is 9.68. The summed E-state index contributed by atoms with van der Waals surface area (Å²) in [5.41, 5.74) is 1.72. The van der Waals surface area contributed by atoms with Gasteiger partial charge in [0, 0.05) is 25.6 Å². The van der Waals surface area contributed by atoms with Crippen LogP contribution in [0.2, 0.25) is 0 Å². The number of hydrogen-bond acceptors (Lipinski definition) is 3. The fourth-order valence-corrected chi connectivity index (χ4v) is 2.57. The summed E-state index contributed by atoms with van der Waals surface area (Å²) in [6.07, 6.45) is 1.85. The van der Waals surface area contributed by atoms with Crippen LogP contribution in [0.3, 0.4) is 0 Å². The van der Waals surface area contributed by atoms with Gasteiger partial charge in [0.2, 0.25) is 5.91 Å². The number of nitrogens with zero attached hydrogens (tertiary/aromatic N) is 3. The predicted octanol–water partition coefficient (Wildman–Crippen LogP) is 2.64. The third-order valence-corrected chi connectivity index (χ3v) is 4.14. The fourth-order valence-electron chi connectivity index (χ4n) is 2.57. The van der Waals surface area contributed by atoms with Gasteiger partial charge in [0.15, 0.2) is 5.96 Å². The van der Waals surface area contributed by atoms with Crippen LogP contribution in [0.4, 0.5) is 0 Å². The van der Waals surface area contributed by atoms with E-state index in [-0.39, 0.29) is 11.3 Å². The number of aromatic amines is 1. The average Bonchev–Trinajstić information content (AvgIpc) is 3.12. The van der Waals surface area contributed by atoms with Crippen LogP contribution < -0.4 is 10.6 Å². The zero-order valence-corrected chi connectivity index (χ0v) is 17.5. The van der Waals surface area contributed by atoms with Gasteiger partial charge in [-0.15, -0.1) is 0 Å². The van der Waals surface area contributed by atoms with Crippen molar-refractivity contribution in [2.45, 2.75) is 34.2 Å². The predicted molar refractivity (Wildman–Crippen MR) is 114 cm³/mol. The van der Waals surface area contributed by atoms with Gasteiger partial charge < -0.3 is 20.5 Å². The van der Waals surface area contributed by atoms with Crippen molar-refractivity contribution in [3.63, 3.8) is 0 Å². The number of amides is 1. The molecule has 0 atom stereocenters. The minimum Gasteiger partial charge on any atom is -0.357 e. The molecule has 2 rings (SSSR count). The summed E-state index contributed by atoms with van der Waals surface area (Å²) >= 11 is 0. The average molecular weight is 385 g/mol. The topological polar surface area (TPSA) is 85.4 Å². The number of imidazole rings is 1. The molecule has 1 aromatic heterocycles. The number of carbonyl (C=O) groups is 1. The number of rotatable bonds is 7. The Morgan fingerprint density at radius 3 is 2.57 bits per heavy atom. The lowest BCUT2D eigenvalue weighted by Gasteiger charge is -2.21. The van der Waals surface area contributed by atoms with Gasteiger partial charge in [-0.1, -0.05) is 51.1 Å². The van der Waals surface area contributed by atoms with Crippen molar-refractivity contribution in [2.75, 3.05) is 26.7 Å². The molecule has 2 aromatic rings. The molecule has 0 saturated heterocycles. The van der Waals surface area contributed by atoms with E-state index in [1.54, 1.807) is 0 Å². The van der Waals surface area contributed by atoms with E-state index < -0.39 is 0 Å². The molecule has 0 spiro atoms. The molecule has 7 heteroatoms. The van der Waals surface area contributed by atoms with Gasteiger partial charge in [-0.2, -0.15) is 0 Å². The highest BCUT2D eigenvalue weighted by atomic mass is 16.2. The minimum absolute atomic E-state index is 0.0325. The summed E-state index contributed by atoms with van der Waals surface area (Å²) in [6.45, 7) is 10.1. The summed E-state index contributed by atoms with van der Waals surface area (Å²) in [7, 11) is 1.97. The first kappa shape index (κ1) is 21.5. The molecule has 0 fully saturated rings. The van der Waals surface area contributed by atoms with E-state index >= 15 is 0 Å². The molecule has 0 aliphatic carbocycles. The number of carbonyl (C=O) groups excluding carboxylic acids is 1. The van der Waals surface area contributed by atoms with Crippen LogP contribution in [0, 0.1) is 5.41 Å². The van der Waals surface area contributed by atoms with Crippen molar-refractivity contribution in [1.29, 1.82) is 0 Å². The third kappa shape index (κ3) is 6.40. The Morgan fingerprint density at radius 2 is 1.93 bits per heavy atom. The molecule has 152 valence electrons. The fraction of sp³-hybridized carbons (Fsp3) is 0.476. The second kappa shape index (κ2) is 9.92. The SMILES string of the molecule is CCNC(=NCCNC(=O)C(C)(C)C)N(C)Cc1ncc(-c2ccccc2)[nH]1. The molecule has 3 N–H and O–H groups in total. The van der Waals surface area contributed by atoms with E-state index in [1.807, 2.05) is 64.0 Å². The number of aliphatic imine (C=N–C) groups is 1. The summed E-state index contributed by atoms with van der Waals surface area (Å²) in [6, 6.07) is 10.1. The molecule has 0 aliphatic heterocycles. The molecular weight excluding hydrogens is 352 g/mol. The highest BCUT2D eigenvalue weighted by Gasteiger charge is 2.20. The molecule has 28 heavy (non-hydrogen) atoms. The maximum atomic E-state index is 11.9. The smallest absolute Gasteiger partial charge is 0.225 e. The zero-order chi connectivity index (χ0) is 20.6. The number of guanidine groups is 1. The largest absolute Gasteiger partial charge is 0.357 e.